The van der Waals surface area contributed by atoms with Crippen molar-refractivity contribution in [2.75, 3.05) is 0 Å². The highest BCUT2D eigenvalue weighted by atomic mass is 14.9. The molecule has 0 aliphatic heterocycles. The van der Waals surface area contributed by atoms with E-state index in [1.807, 2.05) is 6.92 Å². The molecule has 13 heavy (non-hydrogen) atoms. The molecule has 0 fully saturated rings. The molecule has 1 heterocycles. The molecule has 0 aliphatic carbocycles. The zero-order valence-corrected chi connectivity index (χ0v) is 8.39. The quantitative estimate of drug-likeness (QED) is 0.767. The lowest BCUT2D eigenvalue weighted by Gasteiger charge is -2.00. The highest BCUT2D eigenvalue weighted by Crippen LogP contribution is 2.10. The largest absolute Gasteiger partial charge is 0.345 e. The molecule has 3 heteroatoms. The summed E-state index contributed by atoms with van der Waals surface area (Å²) in [6, 6.07) is 2.08. The smallest absolute Gasteiger partial charge is 0.120 e. The van der Waals surface area contributed by atoms with E-state index in [1.54, 1.807) is 0 Å². The zero-order valence-electron chi connectivity index (χ0n) is 8.39. The van der Waals surface area contributed by atoms with Gasteiger partial charge in [-0.05, 0) is 19.3 Å². The molecule has 1 aromatic rings. The molecule has 0 saturated heterocycles. The Balaban J connectivity index is 2.78. The predicted octanol–water partition coefficient (Wildman–Crippen LogP) is 1.98. The van der Waals surface area contributed by atoms with Gasteiger partial charge in [0.1, 0.15) is 5.82 Å². The standard InChI is InChI=1S/C10H15N3/c1-7(2)6-9-8(3)12-10(13-9)4-5-11/h7H,4,6H2,1-3H3,(H,12,13). The average molecular weight is 177 g/mol. The van der Waals surface area contributed by atoms with E-state index >= 15 is 0 Å². The number of rotatable bonds is 3. The second-order valence-electron chi connectivity index (χ2n) is 3.69. The summed E-state index contributed by atoms with van der Waals surface area (Å²) in [6.45, 7) is 6.34. The lowest BCUT2D eigenvalue weighted by molar-refractivity contribution is 0.634. The second-order valence-corrected chi connectivity index (χ2v) is 3.69. The monoisotopic (exact) mass is 177 g/mol. The minimum absolute atomic E-state index is 0.374. The van der Waals surface area contributed by atoms with Crippen LogP contribution < -0.4 is 0 Å². The molecule has 1 N–H and O–H groups in total. The molecule has 0 bridgehead atoms. The summed E-state index contributed by atoms with van der Waals surface area (Å²) in [6.07, 6.45) is 1.35. The van der Waals surface area contributed by atoms with E-state index in [-0.39, 0.29) is 0 Å². The maximum absolute atomic E-state index is 8.49. The molecule has 0 aliphatic rings. The van der Waals surface area contributed by atoms with Gasteiger partial charge < -0.3 is 4.98 Å². The maximum atomic E-state index is 8.49. The summed E-state index contributed by atoms with van der Waals surface area (Å²) >= 11 is 0. The summed E-state index contributed by atoms with van der Waals surface area (Å²) in [5.41, 5.74) is 2.19. The molecular formula is C10H15N3. The van der Waals surface area contributed by atoms with Gasteiger partial charge in [-0.1, -0.05) is 13.8 Å². The molecule has 3 nitrogen and oxygen atoms in total. The van der Waals surface area contributed by atoms with E-state index in [1.165, 1.54) is 0 Å². The molecule has 0 saturated carbocycles. The molecule has 0 aromatic carbocycles. The van der Waals surface area contributed by atoms with Crippen LogP contribution in [-0.2, 0) is 12.8 Å². The van der Waals surface area contributed by atoms with Gasteiger partial charge in [0.15, 0.2) is 0 Å². The number of nitrogens with one attached hydrogen (secondary N) is 1. The van der Waals surface area contributed by atoms with E-state index in [4.69, 9.17) is 5.26 Å². The third-order valence-corrected chi connectivity index (χ3v) is 1.88. The van der Waals surface area contributed by atoms with Crippen LogP contribution in [0, 0.1) is 24.2 Å². The van der Waals surface area contributed by atoms with Crippen molar-refractivity contribution in [1.29, 1.82) is 5.26 Å². The highest BCUT2D eigenvalue weighted by Gasteiger charge is 2.07. The van der Waals surface area contributed by atoms with Gasteiger partial charge in [-0.3, -0.25) is 0 Å². The van der Waals surface area contributed by atoms with Crippen LogP contribution in [0.3, 0.4) is 0 Å². The number of nitrogens with zero attached hydrogens (tertiary/aromatic N) is 2. The third kappa shape index (κ3) is 2.59. The topological polar surface area (TPSA) is 52.5 Å². The number of aryl methyl sites for hydroxylation is 1. The summed E-state index contributed by atoms with van der Waals surface area (Å²) in [4.78, 5) is 7.48. The molecule has 1 rings (SSSR count). The fraction of sp³-hybridized carbons (Fsp3) is 0.600. The van der Waals surface area contributed by atoms with Crippen molar-refractivity contribution in [1.82, 2.24) is 9.97 Å². The zero-order chi connectivity index (χ0) is 9.84. The van der Waals surface area contributed by atoms with Crippen LogP contribution in [0.2, 0.25) is 0 Å². The molecule has 0 atom stereocenters. The van der Waals surface area contributed by atoms with Crippen molar-refractivity contribution < 1.29 is 0 Å². The minimum Gasteiger partial charge on any atom is -0.345 e. The van der Waals surface area contributed by atoms with E-state index < -0.39 is 0 Å². The molecule has 1 aromatic heterocycles. The minimum atomic E-state index is 0.374. The fourth-order valence-corrected chi connectivity index (χ4v) is 1.31. The van der Waals surface area contributed by atoms with E-state index in [0.717, 1.165) is 23.6 Å². The molecule has 0 amide bonds. The first-order valence-electron chi connectivity index (χ1n) is 4.54. The van der Waals surface area contributed by atoms with E-state index in [0.29, 0.717) is 12.3 Å². The predicted molar refractivity (Wildman–Crippen MR) is 51.2 cm³/mol. The van der Waals surface area contributed by atoms with Gasteiger partial charge in [-0.2, -0.15) is 5.26 Å². The second kappa shape index (κ2) is 4.08. The van der Waals surface area contributed by atoms with Crippen LogP contribution in [-0.4, -0.2) is 9.97 Å². The van der Waals surface area contributed by atoms with Gasteiger partial charge in [0.05, 0.1) is 18.2 Å². The van der Waals surface area contributed by atoms with Crippen molar-refractivity contribution in [2.45, 2.75) is 33.6 Å². The van der Waals surface area contributed by atoms with Crippen LogP contribution in [0.4, 0.5) is 0 Å². The Hall–Kier alpha value is -1.30. The van der Waals surface area contributed by atoms with E-state index in [9.17, 15) is 0 Å². The number of aromatic amines is 1. The lowest BCUT2D eigenvalue weighted by atomic mass is 10.1. The van der Waals surface area contributed by atoms with Crippen LogP contribution in [0.5, 0.6) is 0 Å². The van der Waals surface area contributed by atoms with Crippen molar-refractivity contribution in [3.05, 3.63) is 17.2 Å². The lowest BCUT2D eigenvalue weighted by Crippen LogP contribution is -1.96. The number of imidazole rings is 1. The number of hydrogen-bond acceptors (Lipinski definition) is 2. The molecule has 70 valence electrons. The third-order valence-electron chi connectivity index (χ3n) is 1.88. The first-order valence-corrected chi connectivity index (χ1v) is 4.54. The molecule has 0 radical (unpaired) electrons. The van der Waals surface area contributed by atoms with Crippen molar-refractivity contribution in [3.63, 3.8) is 0 Å². The Bertz CT molecular complexity index is 317. The van der Waals surface area contributed by atoms with E-state index in [2.05, 4.69) is 29.9 Å². The number of aromatic nitrogens is 2. The molecule has 0 unspecified atom stereocenters. The number of H-pyrrole nitrogens is 1. The van der Waals surface area contributed by atoms with Gasteiger partial charge in [-0.15, -0.1) is 0 Å². The Kier molecular flexibility index (Phi) is 3.07. The van der Waals surface area contributed by atoms with Gasteiger partial charge in [-0.25, -0.2) is 4.98 Å². The first kappa shape index (κ1) is 9.79. The van der Waals surface area contributed by atoms with Crippen molar-refractivity contribution >= 4 is 0 Å². The average Bonchev–Trinajstić information content (AvgIpc) is 2.31. The normalized spacial score (nSPS) is 10.4. The van der Waals surface area contributed by atoms with Gasteiger partial charge >= 0.3 is 0 Å². The summed E-state index contributed by atoms with van der Waals surface area (Å²) < 4.78 is 0. The van der Waals surface area contributed by atoms with Crippen molar-refractivity contribution in [2.24, 2.45) is 5.92 Å². The van der Waals surface area contributed by atoms with Crippen LogP contribution in [0.25, 0.3) is 0 Å². The van der Waals surface area contributed by atoms with Crippen LogP contribution in [0.15, 0.2) is 0 Å². The number of nitriles is 1. The maximum Gasteiger partial charge on any atom is 0.120 e. The molecular weight excluding hydrogens is 162 g/mol. The first-order chi connectivity index (χ1) is 6.13. The summed E-state index contributed by atoms with van der Waals surface area (Å²) in [7, 11) is 0. The Morgan fingerprint density at radius 3 is 2.77 bits per heavy atom. The summed E-state index contributed by atoms with van der Waals surface area (Å²) in [5, 5.41) is 8.49. The molecule has 0 spiro atoms. The van der Waals surface area contributed by atoms with Crippen molar-refractivity contribution in [3.8, 4) is 6.07 Å². The number of hydrogen-bond donors (Lipinski definition) is 1. The summed E-state index contributed by atoms with van der Waals surface area (Å²) in [5.74, 6) is 1.40. The van der Waals surface area contributed by atoms with Crippen LogP contribution in [0.1, 0.15) is 31.1 Å². The van der Waals surface area contributed by atoms with Gasteiger partial charge in [0, 0.05) is 5.69 Å². The fourth-order valence-electron chi connectivity index (χ4n) is 1.31. The Morgan fingerprint density at radius 2 is 2.23 bits per heavy atom. The Morgan fingerprint density at radius 1 is 1.54 bits per heavy atom. The Labute approximate surface area is 78.8 Å². The highest BCUT2D eigenvalue weighted by molar-refractivity contribution is 5.15. The SMILES string of the molecule is Cc1[nH]c(CC#N)nc1CC(C)C. The van der Waals surface area contributed by atoms with Gasteiger partial charge in [0.25, 0.3) is 0 Å². The van der Waals surface area contributed by atoms with Gasteiger partial charge in [0.2, 0.25) is 0 Å². The van der Waals surface area contributed by atoms with Crippen LogP contribution >= 0.6 is 0 Å².